The number of anilines is 2. The first kappa shape index (κ1) is 26.8. The van der Waals surface area contributed by atoms with Crippen molar-refractivity contribution in [2.75, 3.05) is 50.1 Å². The van der Waals surface area contributed by atoms with Gasteiger partial charge in [-0.25, -0.2) is 4.79 Å². The molecule has 1 aliphatic rings. The van der Waals surface area contributed by atoms with E-state index in [1.54, 1.807) is 7.11 Å². The van der Waals surface area contributed by atoms with E-state index >= 15 is 0 Å². The lowest BCUT2D eigenvalue weighted by atomic mass is 10.1. The summed E-state index contributed by atoms with van der Waals surface area (Å²) in [5, 5.41) is 3.68. The number of nitrogens with zero attached hydrogens (tertiary/aromatic N) is 3. The minimum absolute atomic E-state index is 0.130. The molecule has 0 radical (unpaired) electrons. The number of amides is 1. The van der Waals surface area contributed by atoms with E-state index in [2.05, 4.69) is 26.2 Å². The summed E-state index contributed by atoms with van der Waals surface area (Å²) < 4.78 is 8.19. The fourth-order valence-corrected chi connectivity index (χ4v) is 6.46. The van der Waals surface area contributed by atoms with Gasteiger partial charge in [-0.1, -0.05) is 42.5 Å². The van der Waals surface area contributed by atoms with Crippen LogP contribution in [0.4, 0.5) is 11.4 Å². The second kappa shape index (κ2) is 11.6. The highest BCUT2D eigenvalue weighted by molar-refractivity contribution is 7.25. The summed E-state index contributed by atoms with van der Waals surface area (Å²) >= 11 is 1.36. The first-order valence-electron chi connectivity index (χ1n) is 13.6. The third-order valence-electron chi connectivity index (χ3n) is 7.53. The van der Waals surface area contributed by atoms with Crippen molar-refractivity contribution < 1.29 is 9.53 Å². The standard InChI is InChI=1S/C31H31N5O4S/c1-40-25-10-6-5-9-24(25)35-16-13-34(14-17-35)15-18-36-30(38)29-28(33-31(36)39)23-20-22(11-12-26(23)41-29)32-27(37)19-21-7-3-2-4-8-21/h2-12,20H,13-19H2,1H3,(H,32,37)(H,33,39). The molecule has 0 unspecified atom stereocenters. The molecule has 1 saturated heterocycles. The molecule has 1 fully saturated rings. The highest BCUT2D eigenvalue weighted by Crippen LogP contribution is 2.32. The molecule has 0 saturated carbocycles. The number of aromatic nitrogens is 2. The summed E-state index contributed by atoms with van der Waals surface area (Å²) in [6.45, 7) is 4.25. The van der Waals surface area contributed by atoms with Crippen molar-refractivity contribution in [1.29, 1.82) is 0 Å². The molecule has 5 aromatic rings. The minimum Gasteiger partial charge on any atom is -0.495 e. The molecule has 6 rings (SSSR count). The molecule has 3 aromatic carbocycles. The molecule has 2 aromatic heterocycles. The van der Waals surface area contributed by atoms with Gasteiger partial charge in [0.1, 0.15) is 10.4 Å². The zero-order valence-corrected chi connectivity index (χ0v) is 23.6. The molecule has 210 valence electrons. The number of para-hydroxylation sites is 2. The summed E-state index contributed by atoms with van der Waals surface area (Å²) in [5.41, 5.74) is 2.43. The second-order valence-electron chi connectivity index (χ2n) is 10.1. The Balaban J connectivity index is 1.15. The van der Waals surface area contributed by atoms with E-state index in [1.807, 2.05) is 66.7 Å². The van der Waals surface area contributed by atoms with Crippen molar-refractivity contribution in [3.05, 3.63) is 99.2 Å². The Kier molecular flexibility index (Phi) is 7.58. The van der Waals surface area contributed by atoms with E-state index in [4.69, 9.17) is 4.74 Å². The number of methoxy groups -OCH3 is 1. The number of nitrogens with one attached hydrogen (secondary N) is 2. The Labute approximate surface area is 240 Å². The van der Waals surface area contributed by atoms with E-state index < -0.39 is 5.69 Å². The van der Waals surface area contributed by atoms with Crippen LogP contribution in [0.2, 0.25) is 0 Å². The van der Waals surface area contributed by atoms with E-state index in [9.17, 15) is 14.4 Å². The predicted molar refractivity (Wildman–Crippen MR) is 165 cm³/mol. The first-order valence-corrected chi connectivity index (χ1v) is 14.5. The van der Waals surface area contributed by atoms with Gasteiger partial charge in [0.05, 0.1) is 24.7 Å². The third-order valence-corrected chi connectivity index (χ3v) is 8.69. The maximum atomic E-state index is 13.4. The molecule has 0 bridgehead atoms. The SMILES string of the molecule is COc1ccccc1N1CCN(CCn2c(=O)[nH]c3c(sc4ccc(NC(=O)Cc5ccccc5)cc43)c2=O)CC1. The summed E-state index contributed by atoms with van der Waals surface area (Å²) in [5.74, 6) is 0.729. The topological polar surface area (TPSA) is 99.7 Å². The molecule has 0 spiro atoms. The molecule has 2 N–H and O–H groups in total. The van der Waals surface area contributed by atoms with Crippen molar-refractivity contribution in [3.63, 3.8) is 0 Å². The van der Waals surface area contributed by atoms with Crippen LogP contribution in [-0.4, -0.2) is 60.2 Å². The maximum absolute atomic E-state index is 13.4. The van der Waals surface area contributed by atoms with Gasteiger partial charge in [-0.3, -0.25) is 19.1 Å². The van der Waals surface area contributed by atoms with Gasteiger partial charge in [-0.05, 0) is 35.9 Å². The van der Waals surface area contributed by atoms with E-state index in [0.29, 0.717) is 29.0 Å². The number of fused-ring (bicyclic) bond motifs is 3. The van der Waals surface area contributed by atoms with Crippen LogP contribution in [0, 0.1) is 0 Å². The number of piperazine rings is 1. The Morgan fingerprint density at radius 2 is 1.71 bits per heavy atom. The third kappa shape index (κ3) is 5.61. The Hall–Kier alpha value is -4.41. The number of carbonyl (C=O) groups excluding carboxylic acids is 1. The van der Waals surface area contributed by atoms with Gasteiger partial charge in [-0.15, -0.1) is 11.3 Å². The zero-order valence-electron chi connectivity index (χ0n) is 22.8. The Morgan fingerprint density at radius 3 is 2.49 bits per heavy atom. The highest BCUT2D eigenvalue weighted by atomic mass is 32.1. The highest BCUT2D eigenvalue weighted by Gasteiger charge is 2.20. The van der Waals surface area contributed by atoms with Crippen LogP contribution in [0.25, 0.3) is 20.3 Å². The largest absolute Gasteiger partial charge is 0.495 e. The molecule has 41 heavy (non-hydrogen) atoms. The van der Waals surface area contributed by atoms with Crippen LogP contribution in [0.15, 0.2) is 82.4 Å². The van der Waals surface area contributed by atoms with Crippen molar-refractivity contribution in [1.82, 2.24) is 14.5 Å². The van der Waals surface area contributed by atoms with Crippen molar-refractivity contribution in [3.8, 4) is 5.75 Å². The first-order chi connectivity index (χ1) is 20.0. The summed E-state index contributed by atoms with van der Waals surface area (Å²) in [7, 11) is 1.68. The van der Waals surface area contributed by atoms with Crippen LogP contribution < -0.4 is 26.2 Å². The number of aromatic amines is 1. The average molecular weight is 570 g/mol. The lowest BCUT2D eigenvalue weighted by Gasteiger charge is -2.36. The number of H-pyrrole nitrogens is 1. The van der Waals surface area contributed by atoms with Crippen LogP contribution in [0.5, 0.6) is 5.75 Å². The number of carbonyl (C=O) groups is 1. The Bertz CT molecular complexity index is 1820. The van der Waals surface area contributed by atoms with Gasteiger partial charge in [0, 0.05) is 55.0 Å². The van der Waals surface area contributed by atoms with Crippen molar-refractivity contribution in [2.45, 2.75) is 13.0 Å². The number of thiophene rings is 1. The molecule has 0 atom stereocenters. The fourth-order valence-electron chi connectivity index (χ4n) is 5.37. The smallest absolute Gasteiger partial charge is 0.328 e. The molecule has 0 aliphatic carbocycles. The normalized spacial score (nSPS) is 14.0. The van der Waals surface area contributed by atoms with Crippen molar-refractivity contribution >= 4 is 48.9 Å². The minimum atomic E-state index is -0.423. The van der Waals surface area contributed by atoms with Crippen molar-refractivity contribution in [2.24, 2.45) is 0 Å². The summed E-state index contributed by atoms with van der Waals surface area (Å²) in [4.78, 5) is 46.5. The zero-order chi connectivity index (χ0) is 28.3. The van der Waals surface area contributed by atoms with Gasteiger partial charge >= 0.3 is 5.69 Å². The predicted octanol–water partition coefficient (Wildman–Crippen LogP) is 3.92. The summed E-state index contributed by atoms with van der Waals surface area (Å²) in [6, 6.07) is 23.1. The van der Waals surface area contributed by atoms with Crippen LogP contribution in [0.3, 0.4) is 0 Å². The molecular formula is C31H31N5O4S. The van der Waals surface area contributed by atoms with E-state index in [0.717, 1.165) is 53.3 Å². The van der Waals surface area contributed by atoms with Gasteiger partial charge in [-0.2, -0.15) is 0 Å². The lowest BCUT2D eigenvalue weighted by Crippen LogP contribution is -2.48. The number of rotatable bonds is 8. The number of hydrogen-bond acceptors (Lipinski definition) is 7. The van der Waals surface area contributed by atoms with Crippen LogP contribution in [-0.2, 0) is 17.8 Å². The number of hydrogen-bond donors (Lipinski definition) is 2. The average Bonchev–Trinajstić information content (AvgIpc) is 3.35. The molecule has 10 heteroatoms. The van der Waals surface area contributed by atoms with Gasteiger partial charge < -0.3 is 19.9 Å². The van der Waals surface area contributed by atoms with Gasteiger partial charge in [0.25, 0.3) is 5.56 Å². The van der Waals surface area contributed by atoms with Gasteiger partial charge in [0.2, 0.25) is 5.91 Å². The fraction of sp³-hybridized carbons (Fsp3) is 0.258. The maximum Gasteiger partial charge on any atom is 0.328 e. The molecular weight excluding hydrogens is 538 g/mol. The van der Waals surface area contributed by atoms with E-state index in [1.165, 1.54) is 15.9 Å². The number of benzene rings is 3. The quantitative estimate of drug-likeness (QED) is 0.294. The molecule has 1 aliphatic heterocycles. The second-order valence-corrected chi connectivity index (χ2v) is 11.2. The van der Waals surface area contributed by atoms with Crippen LogP contribution in [0.1, 0.15) is 5.56 Å². The molecule has 3 heterocycles. The Morgan fingerprint density at radius 1 is 0.951 bits per heavy atom. The molecule has 1 amide bonds. The van der Waals surface area contributed by atoms with Gasteiger partial charge in [0.15, 0.2) is 0 Å². The molecule has 9 nitrogen and oxygen atoms in total. The lowest BCUT2D eigenvalue weighted by molar-refractivity contribution is -0.115. The number of ether oxygens (including phenoxy) is 1. The summed E-state index contributed by atoms with van der Waals surface area (Å²) in [6.07, 6.45) is 0.264. The van der Waals surface area contributed by atoms with E-state index in [-0.39, 0.29) is 17.9 Å². The van der Waals surface area contributed by atoms with Crippen LogP contribution >= 0.6 is 11.3 Å². The monoisotopic (exact) mass is 569 g/mol.